The van der Waals surface area contributed by atoms with Gasteiger partial charge in [-0.05, 0) is 17.7 Å². The highest BCUT2D eigenvalue weighted by Crippen LogP contribution is 2.31. The first kappa shape index (κ1) is 9.08. The molecule has 1 saturated heterocycles. The van der Waals surface area contributed by atoms with Crippen molar-refractivity contribution in [1.29, 1.82) is 0 Å². The van der Waals surface area contributed by atoms with Gasteiger partial charge in [0.1, 0.15) is 5.65 Å². The Kier molecular flexibility index (Phi) is 1.80. The minimum absolute atomic E-state index is 0.112. The van der Waals surface area contributed by atoms with E-state index in [0.29, 0.717) is 5.65 Å². The second-order valence-corrected chi connectivity index (χ2v) is 3.69. The summed E-state index contributed by atoms with van der Waals surface area (Å²) >= 11 is 0. The number of carbonyl (C=O) groups is 2. The first-order valence-electron chi connectivity index (χ1n) is 4.92. The van der Waals surface area contributed by atoms with E-state index in [4.69, 9.17) is 0 Å². The lowest BCUT2D eigenvalue weighted by atomic mass is 9.98. The van der Waals surface area contributed by atoms with Crippen molar-refractivity contribution in [2.75, 3.05) is 0 Å². The molecule has 0 amide bonds. The zero-order valence-electron chi connectivity index (χ0n) is 8.27. The summed E-state index contributed by atoms with van der Waals surface area (Å²) in [6.45, 7) is 0. The molecule has 0 radical (unpaired) electrons. The summed E-state index contributed by atoms with van der Waals surface area (Å²) in [5.41, 5.74) is 1.49. The van der Waals surface area contributed by atoms with Crippen LogP contribution in [0.3, 0.4) is 0 Å². The fourth-order valence-electron chi connectivity index (χ4n) is 1.98. The average Bonchev–Trinajstić information content (AvgIpc) is 2.81. The molecule has 0 spiro atoms. The minimum Gasteiger partial charge on any atom is -0.393 e. The first-order chi connectivity index (χ1) is 7.75. The molecular weight excluding hydrogens is 208 g/mol. The maximum Gasteiger partial charge on any atom is 0.321 e. The molecule has 0 bridgehead atoms. The van der Waals surface area contributed by atoms with E-state index in [1.807, 2.05) is 6.07 Å². The molecule has 1 N–H and O–H groups in total. The van der Waals surface area contributed by atoms with Crippen LogP contribution < -0.4 is 0 Å². The highest BCUT2D eigenvalue weighted by atomic mass is 16.6. The minimum atomic E-state index is -0.495. The van der Waals surface area contributed by atoms with Crippen molar-refractivity contribution >= 4 is 23.0 Å². The second kappa shape index (κ2) is 3.16. The predicted molar refractivity (Wildman–Crippen MR) is 54.6 cm³/mol. The van der Waals surface area contributed by atoms with Gasteiger partial charge < -0.3 is 9.72 Å². The quantitative estimate of drug-likeness (QED) is 0.572. The van der Waals surface area contributed by atoms with Crippen molar-refractivity contribution < 1.29 is 14.3 Å². The Hall–Kier alpha value is -2.17. The number of carbonyl (C=O) groups excluding carboxylic acids is 2. The van der Waals surface area contributed by atoms with Crippen LogP contribution in [0.25, 0.3) is 11.0 Å². The molecule has 2 aromatic heterocycles. The smallest absolute Gasteiger partial charge is 0.321 e. The van der Waals surface area contributed by atoms with E-state index in [1.54, 1.807) is 18.5 Å². The van der Waals surface area contributed by atoms with Crippen molar-refractivity contribution in [2.45, 2.75) is 12.3 Å². The van der Waals surface area contributed by atoms with Crippen molar-refractivity contribution in [2.24, 2.45) is 0 Å². The van der Waals surface area contributed by atoms with Crippen molar-refractivity contribution in [3.8, 4) is 0 Å². The Labute approximate surface area is 90.4 Å². The number of aromatic nitrogens is 2. The molecule has 0 aromatic carbocycles. The molecule has 80 valence electrons. The topological polar surface area (TPSA) is 72.0 Å². The molecule has 0 saturated carbocycles. The summed E-state index contributed by atoms with van der Waals surface area (Å²) in [6.07, 6.45) is 3.49. The molecule has 1 aliphatic rings. The SMILES string of the molecule is O=C1CC(c2c[nH]c3ncccc23)C(=O)O1. The second-order valence-electron chi connectivity index (χ2n) is 3.69. The van der Waals surface area contributed by atoms with E-state index in [-0.39, 0.29) is 6.42 Å². The van der Waals surface area contributed by atoms with Gasteiger partial charge in [0, 0.05) is 17.8 Å². The van der Waals surface area contributed by atoms with Crippen LogP contribution in [0.2, 0.25) is 0 Å². The Morgan fingerprint density at radius 2 is 2.31 bits per heavy atom. The molecule has 3 heterocycles. The van der Waals surface area contributed by atoms with Crippen LogP contribution in [0.4, 0.5) is 0 Å². The first-order valence-corrected chi connectivity index (χ1v) is 4.92. The number of ether oxygens (including phenoxy) is 1. The van der Waals surface area contributed by atoms with Gasteiger partial charge in [-0.25, -0.2) is 4.98 Å². The number of fused-ring (bicyclic) bond motifs is 1. The number of rotatable bonds is 1. The molecule has 1 unspecified atom stereocenters. The van der Waals surface area contributed by atoms with Crippen LogP contribution in [-0.4, -0.2) is 21.9 Å². The van der Waals surface area contributed by atoms with Crippen LogP contribution in [0.15, 0.2) is 24.5 Å². The Bertz CT molecular complexity index is 588. The average molecular weight is 216 g/mol. The lowest BCUT2D eigenvalue weighted by molar-refractivity contribution is -0.152. The molecule has 5 nitrogen and oxygen atoms in total. The van der Waals surface area contributed by atoms with Crippen LogP contribution in [0, 0.1) is 0 Å². The van der Waals surface area contributed by atoms with E-state index in [1.165, 1.54) is 0 Å². The van der Waals surface area contributed by atoms with Gasteiger partial charge in [-0.15, -0.1) is 0 Å². The van der Waals surface area contributed by atoms with Crippen LogP contribution in [0.5, 0.6) is 0 Å². The summed E-state index contributed by atoms with van der Waals surface area (Å²) in [5, 5.41) is 0.860. The number of aromatic amines is 1. The van der Waals surface area contributed by atoms with Gasteiger partial charge in [0.25, 0.3) is 0 Å². The van der Waals surface area contributed by atoms with Gasteiger partial charge in [0.15, 0.2) is 0 Å². The summed E-state index contributed by atoms with van der Waals surface area (Å²) in [4.78, 5) is 29.6. The van der Waals surface area contributed by atoms with Crippen molar-refractivity contribution in [3.63, 3.8) is 0 Å². The third-order valence-corrected chi connectivity index (χ3v) is 2.73. The summed E-state index contributed by atoms with van der Waals surface area (Å²) < 4.78 is 4.53. The van der Waals surface area contributed by atoms with Gasteiger partial charge in [-0.1, -0.05) is 0 Å². The third kappa shape index (κ3) is 1.21. The summed E-state index contributed by atoms with van der Waals surface area (Å²) in [7, 11) is 0. The monoisotopic (exact) mass is 216 g/mol. The molecule has 16 heavy (non-hydrogen) atoms. The number of nitrogens with zero attached hydrogens (tertiary/aromatic N) is 1. The molecule has 0 aliphatic carbocycles. The maximum atomic E-state index is 11.4. The molecular formula is C11H8N2O3. The molecule has 1 fully saturated rings. The van der Waals surface area contributed by atoms with E-state index >= 15 is 0 Å². The standard InChI is InChI=1S/C11H8N2O3/c14-9-4-7(11(15)16-9)8-5-13-10-6(8)2-1-3-12-10/h1-3,5,7H,4H2,(H,12,13). The lowest BCUT2D eigenvalue weighted by Crippen LogP contribution is -2.04. The summed E-state index contributed by atoms with van der Waals surface area (Å²) in [6, 6.07) is 3.66. The van der Waals surface area contributed by atoms with E-state index in [2.05, 4.69) is 14.7 Å². The van der Waals surface area contributed by atoms with E-state index in [9.17, 15) is 9.59 Å². The van der Waals surface area contributed by atoms with Gasteiger partial charge in [-0.2, -0.15) is 0 Å². The van der Waals surface area contributed by atoms with Gasteiger partial charge in [-0.3, -0.25) is 9.59 Å². The molecule has 5 heteroatoms. The number of esters is 2. The fraction of sp³-hybridized carbons (Fsp3) is 0.182. The van der Waals surface area contributed by atoms with Gasteiger partial charge >= 0.3 is 11.9 Å². The van der Waals surface area contributed by atoms with E-state index in [0.717, 1.165) is 10.9 Å². The van der Waals surface area contributed by atoms with Crippen LogP contribution in [-0.2, 0) is 14.3 Å². The van der Waals surface area contributed by atoms with Gasteiger partial charge in [0.2, 0.25) is 0 Å². The Balaban J connectivity index is 2.13. The van der Waals surface area contributed by atoms with Crippen LogP contribution in [0.1, 0.15) is 17.9 Å². The highest BCUT2D eigenvalue weighted by Gasteiger charge is 2.36. The van der Waals surface area contributed by atoms with Crippen LogP contribution >= 0.6 is 0 Å². The summed E-state index contributed by atoms with van der Waals surface area (Å²) in [5.74, 6) is -1.44. The van der Waals surface area contributed by atoms with Crippen molar-refractivity contribution in [3.05, 3.63) is 30.1 Å². The largest absolute Gasteiger partial charge is 0.393 e. The zero-order chi connectivity index (χ0) is 11.1. The molecule has 2 aromatic rings. The number of nitrogens with one attached hydrogen (secondary N) is 1. The van der Waals surface area contributed by atoms with E-state index < -0.39 is 17.9 Å². The zero-order valence-corrected chi connectivity index (χ0v) is 8.27. The molecule has 1 atom stereocenters. The lowest BCUT2D eigenvalue weighted by Gasteiger charge is -2.01. The maximum absolute atomic E-state index is 11.4. The number of H-pyrrole nitrogens is 1. The number of pyridine rings is 1. The third-order valence-electron chi connectivity index (χ3n) is 2.73. The van der Waals surface area contributed by atoms with Gasteiger partial charge in [0.05, 0.1) is 12.3 Å². The highest BCUT2D eigenvalue weighted by molar-refractivity contribution is 6.00. The molecule has 1 aliphatic heterocycles. The molecule has 3 rings (SSSR count). The fourth-order valence-corrected chi connectivity index (χ4v) is 1.98. The number of cyclic esters (lactones) is 2. The van der Waals surface area contributed by atoms with Crippen molar-refractivity contribution in [1.82, 2.24) is 9.97 Å². The number of hydrogen-bond donors (Lipinski definition) is 1. The predicted octanol–water partition coefficient (Wildman–Crippen LogP) is 1.12. The number of hydrogen-bond acceptors (Lipinski definition) is 4. The normalized spacial score (nSPS) is 20.4. The Morgan fingerprint density at radius 1 is 1.44 bits per heavy atom. The Morgan fingerprint density at radius 3 is 3.06 bits per heavy atom.